The number of carbonyl (C=O) groups excluding carboxylic acids is 4. The van der Waals surface area contributed by atoms with Crippen molar-refractivity contribution in [3.63, 3.8) is 0 Å². The van der Waals surface area contributed by atoms with E-state index in [0.29, 0.717) is 5.56 Å². The van der Waals surface area contributed by atoms with Gasteiger partial charge in [0.25, 0.3) is 0 Å². The summed E-state index contributed by atoms with van der Waals surface area (Å²) in [5.74, 6) is -2.75. The molecule has 2 rings (SSSR count). The van der Waals surface area contributed by atoms with Crippen LogP contribution in [0.15, 0.2) is 30.3 Å². The number of amides is 3. The second-order valence-corrected chi connectivity index (χ2v) is 8.97. The van der Waals surface area contributed by atoms with Gasteiger partial charge in [0.2, 0.25) is 17.7 Å². The summed E-state index contributed by atoms with van der Waals surface area (Å²) < 4.78 is 9.55. The standard InChI is InChI=1S/C24H36N4O10/c1-12(21(33)28-18-20(32)19(31)16(11-29)38-24(18)36)26-23(35)15(10-13-6-4-3-5-7-13)27-22(34)14(25)8-9-17(30)37-2/h3-7,12,14-16,18-20,24,29,31-32,36H,8-11,25H2,1-2H3,(H,26,35)(H,27,34)(H,28,33). The highest BCUT2D eigenvalue weighted by molar-refractivity contribution is 5.93. The maximum absolute atomic E-state index is 13.1. The maximum Gasteiger partial charge on any atom is 0.305 e. The Kier molecular flexibility index (Phi) is 12.0. The molecule has 1 saturated heterocycles. The number of aliphatic hydroxyl groups is 4. The van der Waals surface area contributed by atoms with Crippen LogP contribution in [0.25, 0.3) is 0 Å². The lowest BCUT2D eigenvalue weighted by atomic mass is 9.97. The molecule has 1 aliphatic heterocycles. The van der Waals surface area contributed by atoms with Gasteiger partial charge in [0.1, 0.15) is 36.4 Å². The molecule has 14 heteroatoms. The third kappa shape index (κ3) is 8.72. The van der Waals surface area contributed by atoms with Crippen LogP contribution in [0.4, 0.5) is 0 Å². The van der Waals surface area contributed by atoms with Gasteiger partial charge in [0, 0.05) is 12.8 Å². The van der Waals surface area contributed by atoms with Crippen LogP contribution >= 0.6 is 0 Å². The molecular weight excluding hydrogens is 504 g/mol. The van der Waals surface area contributed by atoms with Crippen molar-refractivity contribution in [2.24, 2.45) is 5.73 Å². The number of esters is 1. The minimum absolute atomic E-state index is 0.00586. The highest BCUT2D eigenvalue weighted by atomic mass is 16.6. The molecule has 3 amide bonds. The van der Waals surface area contributed by atoms with E-state index in [0.717, 1.165) is 0 Å². The van der Waals surface area contributed by atoms with Crippen molar-refractivity contribution in [1.82, 2.24) is 16.0 Å². The lowest BCUT2D eigenvalue weighted by Crippen LogP contribution is -2.65. The first-order valence-corrected chi connectivity index (χ1v) is 12.1. The smallest absolute Gasteiger partial charge is 0.305 e. The van der Waals surface area contributed by atoms with E-state index in [9.17, 15) is 39.6 Å². The summed E-state index contributed by atoms with van der Waals surface area (Å²) in [5, 5.41) is 46.8. The number of benzene rings is 1. The molecule has 0 radical (unpaired) electrons. The van der Waals surface area contributed by atoms with E-state index in [4.69, 9.17) is 10.5 Å². The average molecular weight is 541 g/mol. The van der Waals surface area contributed by atoms with Gasteiger partial charge >= 0.3 is 5.97 Å². The fourth-order valence-corrected chi connectivity index (χ4v) is 3.77. The van der Waals surface area contributed by atoms with Crippen LogP contribution in [0.3, 0.4) is 0 Å². The molecule has 8 unspecified atom stereocenters. The Labute approximate surface area is 219 Å². The van der Waals surface area contributed by atoms with Gasteiger partial charge in [0.15, 0.2) is 6.29 Å². The highest BCUT2D eigenvalue weighted by Gasteiger charge is 2.44. The Balaban J connectivity index is 2.05. The van der Waals surface area contributed by atoms with Crippen LogP contribution in [-0.4, -0.2) is 107 Å². The molecule has 14 nitrogen and oxygen atoms in total. The first-order chi connectivity index (χ1) is 18.0. The van der Waals surface area contributed by atoms with Crippen LogP contribution in [0.2, 0.25) is 0 Å². The SMILES string of the molecule is COC(=O)CCC(N)C(=O)NC(Cc1ccccc1)C(=O)NC(C)C(=O)NC1C(O)OC(CO)C(O)C1O. The molecular formula is C24H36N4O10. The largest absolute Gasteiger partial charge is 0.469 e. The molecule has 0 spiro atoms. The number of ether oxygens (including phenoxy) is 2. The Morgan fingerprint density at radius 1 is 1.03 bits per heavy atom. The zero-order valence-corrected chi connectivity index (χ0v) is 21.1. The number of methoxy groups -OCH3 is 1. The van der Waals surface area contributed by atoms with Crippen molar-refractivity contribution in [2.45, 2.75) is 75.0 Å². The van der Waals surface area contributed by atoms with Crippen LogP contribution in [0.1, 0.15) is 25.3 Å². The highest BCUT2D eigenvalue weighted by Crippen LogP contribution is 2.19. The van der Waals surface area contributed by atoms with E-state index >= 15 is 0 Å². The quantitative estimate of drug-likeness (QED) is 0.121. The number of nitrogens with one attached hydrogen (secondary N) is 3. The van der Waals surface area contributed by atoms with Gasteiger partial charge in [-0.15, -0.1) is 0 Å². The predicted molar refractivity (Wildman–Crippen MR) is 131 cm³/mol. The van der Waals surface area contributed by atoms with E-state index in [2.05, 4.69) is 20.7 Å². The third-order valence-electron chi connectivity index (χ3n) is 6.10. The normalized spacial score (nSPS) is 25.4. The topological polar surface area (TPSA) is 230 Å². The molecule has 9 N–H and O–H groups in total. The Morgan fingerprint density at radius 2 is 1.68 bits per heavy atom. The van der Waals surface area contributed by atoms with Gasteiger partial charge in [-0.05, 0) is 18.9 Å². The number of rotatable bonds is 12. The lowest BCUT2D eigenvalue weighted by molar-refractivity contribution is -0.253. The van der Waals surface area contributed by atoms with Gasteiger partial charge in [-0.2, -0.15) is 0 Å². The van der Waals surface area contributed by atoms with Crippen molar-refractivity contribution >= 4 is 23.7 Å². The van der Waals surface area contributed by atoms with E-state index < -0.39 is 79.1 Å². The van der Waals surface area contributed by atoms with Gasteiger partial charge < -0.3 is 51.6 Å². The predicted octanol–water partition coefficient (Wildman–Crippen LogP) is -3.58. The Bertz CT molecular complexity index is 949. The number of aliphatic hydroxyl groups excluding tert-OH is 4. The molecule has 212 valence electrons. The fraction of sp³-hybridized carbons (Fsp3) is 0.583. The summed E-state index contributed by atoms with van der Waals surface area (Å²) in [6.45, 7) is 0.676. The third-order valence-corrected chi connectivity index (χ3v) is 6.10. The number of hydrogen-bond donors (Lipinski definition) is 8. The lowest BCUT2D eigenvalue weighted by Gasteiger charge is -2.40. The number of carbonyl (C=O) groups is 4. The molecule has 0 aliphatic carbocycles. The van der Waals surface area contributed by atoms with Gasteiger partial charge in [0.05, 0.1) is 19.8 Å². The second-order valence-electron chi connectivity index (χ2n) is 8.97. The molecule has 1 aromatic carbocycles. The van der Waals surface area contributed by atoms with Crippen LogP contribution in [0, 0.1) is 0 Å². The molecule has 1 fully saturated rings. The van der Waals surface area contributed by atoms with E-state index in [1.54, 1.807) is 30.3 Å². The van der Waals surface area contributed by atoms with Gasteiger partial charge in [-0.1, -0.05) is 30.3 Å². The molecule has 1 aliphatic rings. The summed E-state index contributed by atoms with van der Waals surface area (Å²) in [7, 11) is 1.21. The summed E-state index contributed by atoms with van der Waals surface area (Å²) >= 11 is 0. The van der Waals surface area contributed by atoms with Crippen molar-refractivity contribution in [2.75, 3.05) is 13.7 Å². The molecule has 0 bridgehead atoms. The first kappa shape index (κ1) is 31.1. The van der Waals surface area contributed by atoms with Crippen molar-refractivity contribution < 1.29 is 49.1 Å². The summed E-state index contributed by atoms with van der Waals surface area (Å²) in [6, 6.07) is 3.92. The monoisotopic (exact) mass is 540 g/mol. The second kappa shape index (κ2) is 14.7. The first-order valence-electron chi connectivity index (χ1n) is 12.1. The summed E-state index contributed by atoms with van der Waals surface area (Å²) in [5.41, 5.74) is 6.58. The number of nitrogens with two attached hydrogens (primary N) is 1. The van der Waals surface area contributed by atoms with Crippen LogP contribution < -0.4 is 21.7 Å². The molecule has 8 atom stereocenters. The maximum atomic E-state index is 13.1. The minimum Gasteiger partial charge on any atom is -0.469 e. The van der Waals surface area contributed by atoms with Crippen molar-refractivity contribution in [1.29, 1.82) is 0 Å². The van der Waals surface area contributed by atoms with Crippen molar-refractivity contribution in [3.05, 3.63) is 35.9 Å². The fourth-order valence-electron chi connectivity index (χ4n) is 3.77. The molecule has 1 heterocycles. The number of hydrogen-bond acceptors (Lipinski definition) is 11. The van der Waals surface area contributed by atoms with E-state index in [1.165, 1.54) is 14.0 Å². The van der Waals surface area contributed by atoms with E-state index in [1.807, 2.05) is 0 Å². The van der Waals surface area contributed by atoms with Gasteiger partial charge in [-0.25, -0.2) is 0 Å². The zero-order valence-electron chi connectivity index (χ0n) is 21.1. The van der Waals surface area contributed by atoms with E-state index in [-0.39, 0.29) is 19.3 Å². The molecule has 0 saturated carbocycles. The minimum atomic E-state index is -1.73. The Morgan fingerprint density at radius 3 is 2.29 bits per heavy atom. The summed E-state index contributed by atoms with van der Waals surface area (Å²) in [6.07, 6.45) is -6.23. The Hall–Kier alpha value is -3.14. The van der Waals surface area contributed by atoms with Crippen molar-refractivity contribution in [3.8, 4) is 0 Å². The van der Waals surface area contributed by atoms with Crippen LogP contribution in [-0.2, 0) is 35.1 Å². The van der Waals surface area contributed by atoms with Crippen LogP contribution in [0.5, 0.6) is 0 Å². The molecule has 0 aromatic heterocycles. The van der Waals surface area contributed by atoms with Gasteiger partial charge in [-0.3, -0.25) is 19.2 Å². The molecule has 1 aromatic rings. The zero-order chi connectivity index (χ0) is 28.4. The average Bonchev–Trinajstić information content (AvgIpc) is 2.91. The summed E-state index contributed by atoms with van der Waals surface area (Å²) in [4.78, 5) is 49.8. The molecule has 38 heavy (non-hydrogen) atoms.